The molecule has 0 saturated carbocycles. The average molecular weight is 390 g/mol. The lowest BCUT2D eigenvalue weighted by atomic mass is 10.1. The first-order chi connectivity index (χ1) is 12.8. The number of nitrogens with one attached hydrogen (secondary N) is 2. The van der Waals surface area contributed by atoms with Crippen LogP contribution in [-0.4, -0.2) is 38.6 Å². The van der Waals surface area contributed by atoms with Gasteiger partial charge in [0.1, 0.15) is 0 Å². The Hall–Kier alpha value is -2.38. The molecule has 0 aliphatic carbocycles. The molecule has 0 saturated heterocycles. The highest BCUT2D eigenvalue weighted by Crippen LogP contribution is 2.12. The molecule has 2 aromatic carbocycles. The monoisotopic (exact) mass is 389 g/mol. The zero-order valence-corrected chi connectivity index (χ0v) is 16.8. The van der Waals surface area contributed by atoms with Crippen LogP contribution in [0.15, 0.2) is 48.5 Å². The second-order valence-electron chi connectivity index (χ2n) is 6.41. The molecule has 7 heteroatoms. The minimum Gasteiger partial charge on any atom is -0.348 e. The van der Waals surface area contributed by atoms with Gasteiger partial charge in [0.25, 0.3) is 5.91 Å². The maximum Gasteiger partial charge on any atom is 0.251 e. The molecule has 0 aromatic heterocycles. The largest absolute Gasteiger partial charge is 0.348 e. The van der Waals surface area contributed by atoms with Crippen molar-refractivity contribution < 1.29 is 13.2 Å². The summed E-state index contributed by atoms with van der Waals surface area (Å²) in [7, 11) is -3.32. The fourth-order valence-corrected chi connectivity index (χ4v) is 3.22. The van der Waals surface area contributed by atoms with Gasteiger partial charge in [-0.25, -0.2) is 8.42 Å². The van der Waals surface area contributed by atoms with Crippen LogP contribution in [0.3, 0.4) is 0 Å². The predicted octanol–water partition coefficient (Wildman–Crippen LogP) is 2.83. The molecule has 0 aliphatic rings. The molecule has 0 radical (unpaired) electrons. The van der Waals surface area contributed by atoms with Crippen molar-refractivity contribution in [1.29, 1.82) is 0 Å². The maximum absolute atomic E-state index is 12.2. The van der Waals surface area contributed by atoms with Gasteiger partial charge in [0, 0.05) is 24.3 Å². The van der Waals surface area contributed by atoms with E-state index in [9.17, 15) is 13.2 Å². The summed E-state index contributed by atoms with van der Waals surface area (Å²) in [6, 6.07) is 14.6. The van der Waals surface area contributed by atoms with Gasteiger partial charge < -0.3 is 5.32 Å². The van der Waals surface area contributed by atoms with Gasteiger partial charge in [0.2, 0.25) is 10.0 Å². The fourth-order valence-electron chi connectivity index (χ4n) is 2.66. The number of hydrogen-bond acceptors (Lipinski definition) is 4. The lowest BCUT2D eigenvalue weighted by Gasteiger charge is -2.18. The average Bonchev–Trinajstić information content (AvgIpc) is 2.64. The molecule has 0 aliphatic heterocycles. The fraction of sp³-hybridized carbons (Fsp3) is 0.350. The van der Waals surface area contributed by atoms with Crippen LogP contribution in [0.25, 0.3) is 0 Å². The van der Waals surface area contributed by atoms with E-state index in [0.29, 0.717) is 17.8 Å². The van der Waals surface area contributed by atoms with E-state index in [0.717, 1.165) is 31.5 Å². The number of nitrogens with zero attached hydrogens (tertiary/aromatic N) is 1. The van der Waals surface area contributed by atoms with E-state index in [-0.39, 0.29) is 5.91 Å². The zero-order chi connectivity index (χ0) is 19.9. The molecule has 146 valence electrons. The summed E-state index contributed by atoms with van der Waals surface area (Å²) >= 11 is 0. The van der Waals surface area contributed by atoms with Crippen molar-refractivity contribution in [2.75, 3.05) is 24.1 Å². The van der Waals surface area contributed by atoms with E-state index in [2.05, 4.69) is 40.9 Å². The Labute approximate surface area is 161 Å². The van der Waals surface area contributed by atoms with Crippen LogP contribution < -0.4 is 10.0 Å². The first-order valence-electron chi connectivity index (χ1n) is 8.97. The third-order valence-corrected chi connectivity index (χ3v) is 4.83. The van der Waals surface area contributed by atoms with Crippen LogP contribution in [-0.2, 0) is 23.1 Å². The van der Waals surface area contributed by atoms with Crippen molar-refractivity contribution >= 4 is 21.6 Å². The van der Waals surface area contributed by atoms with Crippen LogP contribution >= 0.6 is 0 Å². The third kappa shape index (κ3) is 7.03. The molecular weight excluding hydrogens is 362 g/mol. The van der Waals surface area contributed by atoms with Gasteiger partial charge in [-0.2, -0.15) is 0 Å². The Morgan fingerprint density at radius 3 is 2.00 bits per heavy atom. The van der Waals surface area contributed by atoms with Gasteiger partial charge in [-0.05, 0) is 48.5 Å². The molecule has 2 aromatic rings. The quantitative estimate of drug-likeness (QED) is 0.691. The number of carbonyl (C=O) groups is 1. The Morgan fingerprint density at radius 1 is 0.926 bits per heavy atom. The van der Waals surface area contributed by atoms with E-state index >= 15 is 0 Å². The normalized spacial score (nSPS) is 11.4. The third-order valence-electron chi connectivity index (χ3n) is 4.23. The molecule has 2 rings (SSSR count). The molecular formula is C20H27N3O3S. The SMILES string of the molecule is CCN(CC)Cc1ccc(CNC(=O)c2ccc(NS(C)(=O)=O)cc2)cc1. The van der Waals surface area contributed by atoms with Gasteiger partial charge in [0.05, 0.1) is 6.26 Å². The Morgan fingerprint density at radius 2 is 1.48 bits per heavy atom. The number of carbonyl (C=O) groups excluding carboxylic acids is 1. The Bertz CT molecular complexity index is 843. The molecule has 0 fully saturated rings. The lowest BCUT2D eigenvalue weighted by molar-refractivity contribution is 0.0951. The molecule has 0 unspecified atom stereocenters. The van der Waals surface area contributed by atoms with Crippen molar-refractivity contribution in [3.05, 3.63) is 65.2 Å². The summed E-state index contributed by atoms with van der Waals surface area (Å²) < 4.78 is 24.8. The maximum atomic E-state index is 12.2. The minimum atomic E-state index is -3.32. The van der Waals surface area contributed by atoms with Gasteiger partial charge in [0.15, 0.2) is 0 Å². The molecule has 27 heavy (non-hydrogen) atoms. The number of sulfonamides is 1. The summed E-state index contributed by atoms with van der Waals surface area (Å²) in [5, 5.41) is 2.88. The number of amides is 1. The van der Waals surface area contributed by atoms with E-state index in [1.54, 1.807) is 24.3 Å². The summed E-state index contributed by atoms with van der Waals surface area (Å²) in [5.41, 5.74) is 3.19. The lowest BCUT2D eigenvalue weighted by Crippen LogP contribution is -2.23. The highest BCUT2D eigenvalue weighted by molar-refractivity contribution is 7.92. The van der Waals surface area contributed by atoms with E-state index in [4.69, 9.17) is 0 Å². The van der Waals surface area contributed by atoms with E-state index < -0.39 is 10.0 Å². The highest BCUT2D eigenvalue weighted by atomic mass is 32.2. The number of anilines is 1. The van der Waals surface area contributed by atoms with Crippen LogP contribution in [0, 0.1) is 0 Å². The Balaban J connectivity index is 1.89. The summed E-state index contributed by atoms with van der Waals surface area (Å²) in [6.45, 7) is 7.70. The van der Waals surface area contributed by atoms with Gasteiger partial charge in [-0.15, -0.1) is 0 Å². The topological polar surface area (TPSA) is 78.5 Å². The van der Waals surface area contributed by atoms with Gasteiger partial charge in [-0.3, -0.25) is 14.4 Å². The Kier molecular flexibility index (Phi) is 7.38. The first kappa shape index (κ1) is 20.9. The molecule has 0 heterocycles. The molecule has 0 spiro atoms. The van der Waals surface area contributed by atoms with Gasteiger partial charge in [-0.1, -0.05) is 38.1 Å². The minimum absolute atomic E-state index is 0.201. The summed E-state index contributed by atoms with van der Waals surface area (Å²) in [6.07, 6.45) is 1.08. The van der Waals surface area contributed by atoms with Crippen molar-refractivity contribution in [3.8, 4) is 0 Å². The van der Waals surface area contributed by atoms with Gasteiger partial charge >= 0.3 is 0 Å². The van der Waals surface area contributed by atoms with Crippen LogP contribution in [0.5, 0.6) is 0 Å². The molecule has 0 atom stereocenters. The second kappa shape index (κ2) is 9.53. The number of hydrogen-bond donors (Lipinski definition) is 2. The van der Waals surface area contributed by atoms with Crippen molar-refractivity contribution in [3.63, 3.8) is 0 Å². The van der Waals surface area contributed by atoms with Crippen LogP contribution in [0.2, 0.25) is 0 Å². The molecule has 0 bridgehead atoms. The van der Waals surface area contributed by atoms with E-state index in [1.165, 1.54) is 5.56 Å². The number of rotatable bonds is 9. The standard InChI is InChI=1S/C20H27N3O3S/c1-4-23(5-2)15-17-8-6-16(7-9-17)14-21-20(24)18-10-12-19(13-11-18)22-27(3,25)26/h6-13,22H,4-5,14-15H2,1-3H3,(H,21,24). The van der Waals surface area contributed by atoms with Crippen LogP contribution in [0.1, 0.15) is 35.3 Å². The van der Waals surface area contributed by atoms with E-state index in [1.807, 2.05) is 12.1 Å². The molecule has 1 amide bonds. The number of benzene rings is 2. The molecule has 2 N–H and O–H groups in total. The second-order valence-corrected chi connectivity index (χ2v) is 8.16. The van der Waals surface area contributed by atoms with Crippen molar-refractivity contribution in [1.82, 2.24) is 10.2 Å². The highest BCUT2D eigenvalue weighted by Gasteiger charge is 2.07. The van der Waals surface area contributed by atoms with Crippen molar-refractivity contribution in [2.24, 2.45) is 0 Å². The van der Waals surface area contributed by atoms with Crippen molar-refractivity contribution in [2.45, 2.75) is 26.9 Å². The summed E-state index contributed by atoms with van der Waals surface area (Å²) in [4.78, 5) is 14.6. The smallest absolute Gasteiger partial charge is 0.251 e. The van der Waals surface area contributed by atoms with Crippen LogP contribution in [0.4, 0.5) is 5.69 Å². The zero-order valence-electron chi connectivity index (χ0n) is 16.0. The molecule has 6 nitrogen and oxygen atoms in total. The first-order valence-corrected chi connectivity index (χ1v) is 10.9. The predicted molar refractivity (Wildman–Crippen MR) is 109 cm³/mol. The summed E-state index contributed by atoms with van der Waals surface area (Å²) in [5.74, 6) is -0.201.